The third-order valence-corrected chi connectivity index (χ3v) is 6.84. The second-order valence-corrected chi connectivity index (χ2v) is 9.35. The molecule has 3 aromatic carbocycles. The molecule has 0 aliphatic carbocycles. The van der Waals surface area contributed by atoms with Crippen LogP contribution in [0.3, 0.4) is 0 Å². The molecule has 1 atom stereocenters. The van der Waals surface area contributed by atoms with Gasteiger partial charge in [-0.05, 0) is 61.4 Å². The first-order chi connectivity index (χ1) is 15.5. The van der Waals surface area contributed by atoms with Crippen molar-refractivity contribution in [2.45, 2.75) is 25.8 Å². The van der Waals surface area contributed by atoms with Gasteiger partial charge in [0, 0.05) is 10.7 Å². The van der Waals surface area contributed by atoms with Gasteiger partial charge in [-0.2, -0.15) is 0 Å². The summed E-state index contributed by atoms with van der Waals surface area (Å²) in [5.41, 5.74) is 3.92. The van der Waals surface area contributed by atoms with Gasteiger partial charge in [0.2, 0.25) is 5.91 Å². The fraction of sp³-hybridized carbons (Fsp3) is 0.240. The molecule has 1 saturated heterocycles. The maximum absolute atomic E-state index is 12.7. The normalized spacial score (nSPS) is 15.8. The standard InChI is InChI=1S/C25H23Cl2NO3S/c1-3-30-22-13-18(12-21(27)24(22)31-14-17-6-4-16(2)5-7-17)25-28(23(29)15-32-25)20-10-8-19(26)9-11-20/h4-13,25H,3,14-15H2,1-2H3/t25-/m1/s1. The summed E-state index contributed by atoms with van der Waals surface area (Å²) in [5, 5.41) is 0.863. The lowest BCUT2D eigenvalue weighted by Crippen LogP contribution is -2.27. The van der Waals surface area contributed by atoms with Gasteiger partial charge in [0.15, 0.2) is 11.5 Å². The number of hydrogen-bond donors (Lipinski definition) is 0. The highest BCUT2D eigenvalue weighted by atomic mass is 35.5. The molecular weight excluding hydrogens is 465 g/mol. The van der Waals surface area contributed by atoms with E-state index < -0.39 is 0 Å². The maximum atomic E-state index is 12.7. The number of carbonyl (C=O) groups excluding carboxylic acids is 1. The minimum absolute atomic E-state index is 0.0381. The van der Waals surface area contributed by atoms with Crippen molar-refractivity contribution in [1.29, 1.82) is 0 Å². The van der Waals surface area contributed by atoms with Crippen molar-refractivity contribution < 1.29 is 14.3 Å². The number of thioether (sulfide) groups is 1. The van der Waals surface area contributed by atoms with E-state index in [0.29, 0.717) is 40.5 Å². The van der Waals surface area contributed by atoms with E-state index in [2.05, 4.69) is 0 Å². The average molecular weight is 488 g/mol. The molecule has 0 saturated carbocycles. The van der Waals surface area contributed by atoms with Crippen LogP contribution in [-0.2, 0) is 11.4 Å². The van der Waals surface area contributed by atoms with Gasteiger partial charge < -0.3 is 9.47 Å². The van der Waals surface area contributed by atoms with Crippen LogP contribution < -0.4 is 14.4 Å². The zero-order chi connectivity index (χ0) is 22.7. The van der Waals surface area contributed by atoms with E-state index in [1.165, 1.54) is 5.56 Å². The SMILES string of the molecule is CCOc1cc([C@H]2SCC(=O)N2c2ccc(Cl)cc2)cc(Cl)c1OCc1ccc(C)cc1. The van der Waals surface area contributed by atoms with Crippen molar-refractivity contribution in [1.82, 2.24) is 0 Å². The number of benzene rings is 3. The van der Waals surface area contributed by atoms with Crippen LogP contribution in [0.4, 0.5) is 5.69 Å². The zero-order valence-electron chi connectivity index (χ0n) is 17.8. The molecule has 32 heavy (non-hydrogen) atoms. The lowest BCUT2D eigenvalue weighted by molar-refractivity contribution is -0.115. The first-order valence-electron chi connectivity index (χ1n) is 10.3. The lowest BCUT2D eigenvalue weighted by atomic mass is 10.1. The van der Waals surface area contributed by atoms with Crippen LogP contribution >= 0.6 is 35.0 Å². The molecule has 0 spiro atoms. The molecule has 1 aliphatic heterocycles. The predicted molar refractivity (Wildman–Crippen MR) is 132 cm³/mol. The first kappa shape index (κ1) is 22.8. The Morgan fingerprint density at radius 1 is 1.03 bits per heavy atom. The first-order valence-corrected chi connectivity index (χ1v) is 12.1. The van der Waals surface area contributed by atoms with Crippen molar-refractivity contribution in [2.24, 2.45) is 0 Å². The van der Waals surface area contributed by atoms with Gasteiger partial charge in [-0.25, -0.2) is 0 Å². The van der Waals surface area contributed by atoms with Crippen LogP contribution in [-0.4, -0.2) is 18.3 Å². The number of carbonyl (C=O) groups is 1. The van der Waals surface area contributed by atoms with Crippen molar-refractivity contribution in [3.05, 3.63) is 87.4 Å². The van der Waals surface area contributed by atoms with E-state index >= 15 is 0 Å². The minimum Gasteiger partial charge on any atom is -0.490 e. The summed E-state index contributed by atoms with van der Waals surface area (Å²) < 4.78 is 11.9. The Balaban J connectivity index is 1.63. The summed E-state index contributed by atoms with van der Waals surface area (Å²) >= 11 is 14.2. The molecule has 3 aromatic rings. The Kier molecular flexibility index (Phi) is 7.19. The Hall–Kier alpha value is -2.34. The molecule has 166 valence electrons. The molecule has 7 heteroatoms. The molecule has 4 nitrogen and oxygen atoms in total. The fourth-order valence-corrected chi connectivity index (χ4v) is 5.08. The highest BCUT2D eigenvalue weighted by molar-refractivity contribution is 8.00. The van der Waals surface area contributed by atoms with Gasteiger partial charge in [-0.1, -0.05) is 53.0 Å². The average Bonchev–Trinajstić information content (AvgIpc) is 3.16. The largest absolute Gasteiger partial charge is 0.490 e. The summed E-state index contributed by atoms with van der Waals surface area (Å²) in [6.45, 7) is 4.82. The molecular formula is C25H23Cl2NO3S. The van der Waals surface area contributed by atoms with Gasteiger partial charge in [0.1, 0.15) is 12.0 Å². The zero-order valence-corrected chi connectivity index (χ0v) is 20.1. The number of halogens is 2. The third kappa shape index (κ3) is 5.01. The summed E-state index contributed by atoms with van der Waals surface area (Å²) in [7, 11) is 0. The van der Waals surface area contributed by atoms with Crippen LogP contribution in [0, 0.1) is 6.92 Å². The highest BCUT2D eigenvalue weighted by Crippen LogP contribution is 2.46. The molecule has 0 unspecified atom stereocenters. The number of hydrogen-bond acceptors (Lipinski definition) is 4. The molecule has 0 N–H and O–H groups in total. The lowest BCUT2D eigenvalue weighted by Gasteiger charge is -2.25. The van der Waals surface area contributed by atoms with Crippen LogP contribution in [0.5, 0.6) is 11.5 Å². The van der Waals surface area contributed by atoms with Gasteiger partial charge in [0.05, 0.1) is 17.4 Å². The number of anilines is 1. The molecule has 1 heterocycles. The van der Waals surface area contributed by atoms with Gasteiger partial charge in [0.25, 0.3) is 0 Å². The van der Waals surface area contributed by atoms with E-state index in [1.807, 2.05) is 62.4 Å². The van der Waals surface area contributed by atoms with Crippen LogP contribution in [0.25, 0.3) is 0 Å². The van der Waals surface area contributed by atoms with E-state index in [1.54, 1.807) is 28.8 Å². The number of nitrogens with zero attached hydrogens (tertiary/aromatic N) is 1. The van der Waals surface area contributed by atoms with Crippen molar-refractivity contribution in [3.8, 4) is 11.5 Å². The number of rotatable bonds is 7. The fourth-order valence-electron chi connectivity index (χ4n) is 3.52. The van der Waals surface area contributed by atoms with Crippen molar-refractivity contribution >= 4 is 46.6 Å². The van der Waals surface area contributed by atoms with Crippen LogP contribution in [0.15, 0.2) is 60.7 Å². The van der Waals surface area contributed by atoms with Gasteiger partial charge >= 0.3 is 0 Å². The van der Waals surface area contributed by atoms with E-state index in [0.717, 1.165) is 16.8 Å². The summed E-state index contributed by atoms with van der Waals surface area (Å²) in [6.07, 6.45) is 0. The Bertz CT molecular complexity index is 1100. The number of amides is 1. The molecule has 0 radical (unpaired) electrons. The topological polar surface area (TPSA) is 38.8 Å². The van der Waals surface area contributed by atoms with Crippen molar-refractivity contribution in [3.63, 3.8) is 0 Å². The molecule has 4 rings (SSSR count). The Labute approximate surface area is 202 Å². The monoisotopic (exact) mass is 487 g/mol. The second-order valence-electron chi connectivity index (χ2n) is 7.44. The molecule has 0 aromatic heterocycles. The van der Waals surface area contributed by atoms with Crippen LogP contribution in [0.2, 0.25) is 10.0 Å². The Morgan fingerprint density at radius 2 is 1.75 bits per heavy atom. The van der Waals surface area contributed by atoms with E-state index in [-0.39, 0.29) is 11.3 Å². The summed E-state index contributed by atoms with van der Waals surface area (Å²) in [5.74, 6) is 1.50. The molecule has 1 amide bonds. The molecule has 1 fully saturated rings. The minimum atomic E-state index is -0.216. The summed E-state index contributed by atoms with van der Waals surface area (Å²) in [6, 6.07) is 19.2. The maximum Gasteiger partial charge on any atom is 0.238 e. The molecule has 0 bridgehead atoms. The predicted octanol–water partition coefficient (Wildman–Crippen LogP) is 7.06. The van der Waals surface area contributed by atoms with Crippen LogP contribution in [0.1, 0.15) is 29.0 Å². The number of aryl methyl sites for hydroxylation is 1. The van der Waals surface area contributed by atoms with Crippen molar-refractivity contribution in [2.75, 3.05) is 17.3 Å². The third-order valence-electron chi connectivity index (χ3n) is 5.09. The number of ether oxygens (including phenoxy) is 2. The quantitative estimate of drug-likeness (QED) is 0.357. The summed E-state index contributed by atoms with van der Waals surface area (Å²) in [4.78, 5) is 14.4. The van der Waals surface area contributed by atoms with Gasteiger partial charge in [-0.3, -0.25) is 9.69 Å². The molecule has 1 aliphatic rings. The van der Waals surface area contributed by atoms with E-state index in [9.17, 15) is 4.79 Å². The second kappa shape index (κ2) is 10.1. The van der Waals surface area contributed by atoms with E-state index in [4.69, 9.17) is 32.7 Å². The smallest absolute Gasteiger partial charge is 0.238 e. The highest BCUT2D eigenvalue weighted by Gasteiger charge is 2.35. The van der Waals surface area contributed by atoms with Gasteiger partial charge in [-0.15, -0.1) is 11.8 Å². The Morgan fingerprint density at radius 3 is 2.44 bits per heavy atom.